The maximum Gasteiger partial charge on any atom is 0.522 e. The van der Waals surface area contributed by atoms with Crippen LogP contribution in [-0.4, -0.2) is 36.2 Å². The first kappa shape index (κ1) is 11.1. The van der Waals surface area contributed by atoms with E-state index < -0.39 is 6.36 Å². The fraction of sp³-hybridized carbons (Fsp3) is 1.00. The van der Waals surface area contributed by atoms with Gasteiger partial charge in [0.1, 0.15) is 0 Å². The highest BCUT2D eigenvalue weighted by Gasteiger charge is 2.28. The van der Waals surface area contributed by atoms with Gasteiger partial charge in [-0.05, 0) is 0 Å². The molecule has 0 aromatic rings. The molecule has 0 atom stereocenters. The Morgan fingerprint density at radius 3 is 2.36 bits per heavy atom. The van der Waals surface area contributed by atoms with Crippen molar-refractivity contribution in [2.45, 2.75) is 6.36 Å². The summed E-state index contributed by atoms with van der Waals surface area (Å²) in [5, 5.41) is 8.24. The average molecular weight is 190 g/mol. The maximum absolute atomic E-state index is 11.3. The number of aliphatic hydroxyl groups excluding tert-OH is 1. The van der Waals surface area contributed by atoms with E-state index in [1.165, 1.54) is 11.8 Å². The number of halogens is 3. The summed E-state index contributed by atoms with van der Waals surface area (Å²) in [5.41, 5.74) is 0. The van der Waals surface area contributed by atoms with Crippen LogP contribution in [0.2, 0.25) is 0 Å². The van der Waals surface area contributed by atoms with E-state index in [4.69, 9.17) is 5.11 Å². The Bertz CT molecular complexity index is 96.2. The summed E-state index contributed by atoms with van der Waals surface area (Å²) in [5.74, 6) is 0.696. The Labute approximate surface area is 66.7 Å². The molecule has 0 aromatic heterocycles. The number of hydrogen-bond acceptors (Lipinski definition) is 3. The highest BCUT2D eigenvalue weighted by molar-refractivity contribution is 7.99. The largest absolute Gasteiger partial charge is 0.522 e. The number of thioether (sulfide) groups is 1. The van der Waals surface area contributed by atoms with Crippen LogP contribution in [0.5, 0.6) is 0 Å². The fourth-order valence-electron chi connectivity index (χ4n) is 0.383. The first-order valence-corrected chi connectivity index (χ1v) is 4.11. The minimum absolute atomic E-state index is 0.0172. The smallest absolute Gasteiger partial charge is 0.396 e. The van der Waals surface area contributed by atoms with E-state index in [-0.39, 0.29) is 19.0 Å². The second-order valence-corrected chi connectivity index (χ2v) is 2.85. The summed E-state index contributed by atoms with van der Waals surface area (Å²) in [6.45, 7) is -0.370. The molecule has 6 heteroatoms. The topological polar surface area (TPSA) is 29.5 Å². The first-order chi connectivity index (χ1) is 5.06. The second-order valence-electron chi connectivity index (χ2n) is 1.63. The molecule has 0 rings (SSSR count). The van der Waals surface area contributed by atoms with Gasteiger partial charge in [0.05, 0.1) is 13.2 Å². The van der Waals surface area contributed by atoms with Crippen LogP contribution in [-0.2, 0) is 4.74 Å². The Balaban J connectivity index is 3.02. The molecule has 0 saturated carbocycles. The van der Waals surface area contributed by atoms with Gasteiger partial charge in [0, 0.05) is 11.5 Å². The predicted octanol–water partition coefficient (Wildman–Crippen LogP) is 1.25. The van der Waals surface area contributed by atoms with Gasteiger partial charge >= 0.3 is 6.36 Å². The molecule has 0 radical (unpaired) electrons. The highest BCUT2D eigenvalue weighted by atomic mass is 32.2. The lowest BCUT2D eigenvalue weighted by atomic mass is 10.8. The summed E-state index contributed by atoms with van der Waals surface area (Å²) in [6, 6.07) is 0. The van der Waals surface area contributed by atoms with Crippen LogP contribution in [0.4, 0.5) is 13.2 Å². The molecule has 0 aliphatic heterocycles. The molecule has 0 amide bonds. The van der Waals surface area contributed by atoms with E-state index in [0.29, 0.717) is 5.75 Å². The number of alkyl halides is 3. The van der Waals surface area contributed by atoms with E-state index >= 15 is 0 Å². The Kier molecular flexibility index (Phi) is 5.71. The van der Waals surface area contributed by atoms with Gasteiger partial charge in [-0.25, -0.2) is 0 Å². The van der Waals surface area contributed by atoms with Crippen molar-refractivity contribution in [2.75, 3.05) is 24.7 Å². The van der Waals surface area contributed by atoms with Crippen molar-refractivity contribution in [1.82, 2.24) is 0 Å². The Morgan fingerprint density at radius 1 is 1.27 bits per heavy atom. The average Bonchev–Trinajstić information content (AvgIpc) is 1.85. The summed E-state index contributed by atoms with van der Waals surface area (Å²) >= 11 is 1.22. The SMILES string of the molecule is OCCSCCOC(F)(F)F. The molecule has 1 N–H and O–H groups in total. The molecule has 0 fully saturated rings. The quantitative estimate of drug-likeness (QED) is 0.661. The van der Waals surface area contributed by atoms with Crippen molar-refractivity contribution >= 4 is 11.8 Å². The minimum Gasteiger partial charge on any atom is -0.396 e. The summed E-state index contributed by atoms with van der Waals surface area (Å²) in [7, 11) is 0. The third-order valence-corrected chi connectivity index (χ3v) is 1.66. The van der Waals surface area contributed by atoms with E-state index in [9.17, 15) is 13.2 Å². The van der Waals surface area contributed by atoms with Crippen molar-refractivity contribution in [3.63, 3.8) is 0 Å². The third kappa shape index (κ3) is 10.1. The van der Waals surface area contributed by atoms with Crippen LogP contribution in [0.25, 0.3) is 0 Å². The summed E-state index contributed by atoms with van der Waals surface area (Å²) < 4.78 is 37.3. The lowest BCUT2D eigenvalue weighted by Gasteiger charge is -2.05. The number of hydrogen-bond donors (Lipinski definition) is 1. The summed E-state index contributed by atoms with van der Waals surface area (Å²) in [4.78, 5) is 0. The van der Waals surface area contributed by atoms with E-state index in [2.05, 4.69) is 4.74 Å². The van der Waals surface area contributed by atoms with Crippen LogP contribution >= 0.6 is 11.8 Å². The van der Waals surface area contributed by atoms with Gasteiger partial charge < -0.3 is 5.11 Å². The van der Waals surface area contributed by atoms with E-state index in [0.717, 1.165) is 0 Å². The Hall–Kier alpha value is 0.0600. The highest BCUT2D eigenvalue weighted by Crippen LogP contribution is 2.16. The zero-order valence-electron chi connectivity index (χ0n) is 5.73. The van der Waals surface area contributed by atoms with Gasteiger partial charge in [0.25, 0.3) is 0 Å². The molecule has 0 aliphatic carbocycles. The van der Waals surface area contributed by atoms with Crippen molar-refractivity contribution in [2.24, 2.45) is 0 Å². The zero-order chi connectivity index (χ0) is 8.74. The van der Waals surface area contributed by atoms with Crippen LogP contribution in [0.15, 0.2) is 0 Å². The fourth-order valence-corrected chi connectivity index (χ4v) is 0.917. The standard InChI is InChI=1S/C5H9F3O2S/c6-5(7,8)10-2-4-11-3-1-9/h9H,1-4H2. The van der Waals surface area contributed by atoms with Crippen molar-refractivity contribution in [1.29, 1.82) is 0 Å². The molecule has 68 valence electrons. The van der Waals surface area contributed by atoms with Crippen molar-refractivity contribution in [3.8, 4) is 0 Å². The van der Waals surface area contributed by atoms with Gasteiger partial charge in [0.15, 0.2) is 0 Å². The molecule has 0 saturated heterocycles. The molecular formula is C5H9F3O2S. The van der Waals surface area contributed by atoms with Gasteiger partial charge in [-0.3, -0.25) is 4.74 Å². The predicted molar refractivity (Wildman–Crippen MR) is 36.4 cm³/mol. The van der Waals surface area contributed by atoms with E-state index in [1.807, 2.05) is 0 Å². The van der Waals surface area contributed by atoms with Crippen LogP contribution in [0.3, 0.4) is 0 Å². The normalized spacial score (nSPS) is 12.0. The van der Waals surface area contributed by atoms with Crippen molar-refractivity contribution in [3.05, 3.63) is 0 Å². The van der Waals surface area contributed by atoms with Crippen LogP contribution in [0.1, 0.15) is 0 Å². The molecule has 0 aliphatic rings. The first-order valence-electron chi connectivity index (χ1n) is 2.95. The molecule has 2 nitrogen and oxygen atoms in total. The summed E-state index contributed by atoms with van der Waals surface area (Å²) in [6.07, 6.45) is -4.53. The Morgan fingerprint density at radius 2 is 1.91 bits per heavy atom. The van der Waals surface area contributed by atoms with Gasteiger partial charge in [-0.15, -0.1) is 13.2 Å². The number of aliphatic hydroxyl groups is 1. The van der Waals surface area contributed by atoms with Gasteiger partial charge in [0.2, 0.25) is 0 Å². The molecule has 0 bridgehead atoms. The lowest BCUT2D eigenvalue weighted by molar-refractivity contribution is -0.322. The number of rotatable bonds is 5. The van der Waals surface area contributed by atoms with Gasteiger partial charge in [-0.2, -0.15) is 11.8 Å². The molecule has 11 heavy (non-hydrogen) atoms. The third-order valence-electron chi connectivity index (χ3n) is 0.729. The van der Waals surface area contributed by atoms with E-state index in [1.54, 1.807) is 0 Å². The monoisotopic (exact) mass is 190 g/mol. The van der Waals surface area contributed by atoms with Gasteiger partial charge in [-0.1, -0.05) is 0 Å². The van der Waals surface area contributed by atoms with Crippen LogP contribution in [0, 0.1) is 0 Å². The molecule has 0 heterocycles. The lowest BCUT2D eigenvalue weighted by Crippen LogP contribution is -2.15. The molecule has 0 spiro atoms. The molecule has 0 unspecified atom stereocenters. The van der Waals surface area contributed by atoms with Crippen LogP contribution < -0.4 is 0 Å². The second kappa shape index (κ2) is 5.68. The molecular weight excluding hydrogens is 181 g/mol. The maximum atomic E-state index is 11.3. The zero-order valence-corrected chi connectivity index (χ0v) is 6.54. The minimum atomic E-state index is -4.53. The molecule has 0 aromatic carbocycles. The number of ether oxygens (including phenoxy) is 1. The van der Waals surface area contributed by atoms with Crippen molar-refractivity contribution < 1.29 is 23.0 Å².